The minimum Gasteiger partial charge on any atom is -0.496 e. The number of methoxy groups -OCH3 is 2. The van der Waals surface area contributed by atoms with Crippen molar-refractivity contribution in [3.63, 3.8) is 0 Å². The zero-order chi connectivity index (χ0) is 21.1. The lowest BCUT2D eigenvalue weighted by Crippen LogP contribution is -2.18. The highest BCUT2D eigenvalue weighted by Gasteiger charge is 2.29. The summed E-state index contributed by atoms with van der Waals surface area (Å²) in [6.45, 7) is 0.219. The summed E-state index contributed by atoms with van der Waals surface area (Å²) in [6.07, 6.45) is -0.579. The van der Waals surface area contributed by atoms with Crippen LogP contribution in [0, 0.1) is 0 Å². The van der Waals surface area contributed by atoms with E-state index in [4.69, 9.17) is 14.2 Å². The molecule has 1 aliphatic rings. The summed E-state index contributed by atoms with van der Waals surface area (Å²) in [4.78, 5) is 24.2. The fourth-order valence-electron chi connectivity index (χ4n) is 3.80. The van der Waals surface area contributed by atoms with Gasteiger partial charge in [0.05, 0.1) is 14.2 Å². The average Bonchev–Trinajstić information content (AvgIpc) is 3.11. The summed E-state index contributed by atoms with van der Waals surface area (Å²) in [7, 11) is 2.74. The SMILES string of the molecule is COC(=O)c1ccc(NC(=O)OCC2c3ccccc3-c3ccccc32)cc1OC. The molecule has 3 aromatic carbocycles. The standard InChI is InChI=1S/C24H21NO5/c1-28-22-13-15(11-12-20(22)23(26)29-2)25-24(27)30-14-21-18-9-5-3-7-16(18)17-8-4-6-10-19(17)21/h3-13,21H,14H2,1-2H3,(H,25,27). The Labute approximate surface area is 174 Å². The molecule has 3 aromatic rings. The fourth-order valence-corrected chi connectivity index (χ4v) is 3.80. The number of anilines is 1. The van der Waals surface area contributed by atoms with Gasteiger partial charge in [-0.1, -0.05) is 48.5 Å². The van der Waals surface area contributed by atoms with E-state index < -0.39 is 12.1 Å². The van der Waals surface area contributed by atoms with Crippen LogP contribution in [-0.4, -0.2) is 32.9 Å². The molecule has 0 spiro atoms. The lowest BCUT2D eigenvalue weighted by Gasteiger charge is -2.15. The first kappa shape index (κ1) is 19.5. The predicted molar refractivity (Wildman–Crippen MR) is 113 cm³/mol. The Balaban J connectivity index is 1.46. The van der Waals surface area contributed by atoms with Gasteiger partial charge in [-0.05, 0) is 34.4 Å². The highest BCUT2D eigenvalue weighted by molar-refractivity contribution is 5.94. The molecular formula is C24H21NO5. The number of benzene rings is 3. The molecular weight excluding hydrogens is 382 g/mol. The van der Waals surface area contributed by atoms with Gasteiger partial charge in [0, 0.05) is 17.7 Å². The second-order valence-electron chi connectivity index (χ2n) is 6.86. The van der Waals surface area contributed by atoms with E-state index in [1.807, 2.05) is 24.3 Å². The quantitative estimate of drug-likeness (QED) is 0.617. The second kappa shape index (κ2) is 8.29. The van der Waals surface area contributed by atoms with Gasteiger partial charge in [-0.25, -0.2) is 9.59 Å². The topological polar surface area (TPSA) is 73.9 Å². The molecule has 0 bridgehead atoms. The number of carbonyl (C=O) groups is 2. The van der Waals surface area contributed by atoms with Crippen LogP contribution in [0.4, 0.5) is 10.5 Å². The lowest BCUT2D eigenvalue weighted by atomic mass is 9.98. The monoisotopic (exact) mass is 403 g/mol. The van der Waals surface area contributed by atoms with Gasteiger partial charge in [0.25, 0.3) is 0 Å². The third-order valence-corrected chi connectivity index (χ3v) is 5.20. The van der Waals surface area contributed by atoms with Gasteiger partial charge in [-0.3, -0.25) is 5.32 Å². The normalized spacial score (nSPS) is 11.9. The summed E-state index contributed by atoms with van der Waals surface area (Å²) in [5, 5.41) is 2.68. The van der Waals surface area contributed by atoms with E-state index in [0.717, 1.165) is 11.1 Å². The first-order valence-electron chi connectivity index (χ1n) is 9.50. The molecule has 1 N–H and O–H groups in total. The number of rotatable bonds is 5. The minimum absolute atomic E-state index is 0.0145. The molecule has 30 heavy (non-hydrogen) atoms. The highest BCUT2D eigenvalue weighted by Crippen LogP contribution is 2.44. The molecule has 1 amide bonds. The Morgan fingerprint density at radius 1 is 0.900 bits per heavy atom. The summed E-state index contributed by atoms with van der Waals surface area (Å²) in [5.74, 6) is -0.225. The average molecular weight is 403 g/mol. The number of amides is 1. The van der Waals surface area contributed by atoms with Crippen LogP contribution in [0.25, 0.3) is 11.1 Å². The smallest absolute Gasteiger partial charge is 0.411 e. The van der Waals surface area contributed by atoms with Crippen LogP contribution in [0.3, 0.4) is 0 Å². The Bertz CT molecular complexity index is 1060. The summed E-state index contributed by atoms with van der Waals surface area (Å²) < 4.78 is 15.5. The van der Waals surface area contributed by atoms with E-state index in [9.17, 15) is 9.59 Å². The molecule has 0 aliphatic heterocycles. The molecule has 0 saturated carbocycles. The van der Waals surface area contributed by atoms with Crippen molar-refractivity contribution in [2.75, 3.05) is 26.1 Å². The second-order valence-corrected chi connectivity index (χ2v) is 6.86. The Morgan fingerprint density at radius 2 is 1.53 bits per heavy atom. The van der Waals surface area contributed by atoms with E-state index >= 15 is 0 Å². The molecule has 1 aliphatic carbocycles. The van der Waals surface area contributed by atoms with E-state index in [1.54, 1.807) is 12.1 Å². The third kappa shape index (κ3) is 3.59. The molecule has 0 heterocycles. The first-order valence-corrected chi connectivity index (χ1v) is 9.50. The van der Waals surface area contributed by atoms with Gasteiger partial charge in [0.2, 0.25) is 0 Å². The van der Waals surface area contributed by atoms with E-state index in [2.05, 4.69) is 29.6 Å². The number of hydrogen-bond acceptors (Lipinski definition) is 5. The molecule has 6 nitrogen and oxygen atoms in total. The van der Waals surface area contributed by atoms with Crippen LogP contribution in [0.2, 0.25) is 0 Å². The molecule has 6 heteroatoms. The molecule has 0 atom stereocenters. The van der Waals surface area contributed by atoms with Crippen LogP contribution in [0.5, 0.6) is 5.75 Å². The van der Waals surface area contributed by atoms with Crippen LogP contribution >= 0.6 is 0 Å². The van der Waals surface area contributed by atoms with Crippen molar-refractivity contribution in [1.82, 2.24) is 0 Å². The number of esters is 1. The van der Waals surface area contributed by atoms with Crippen molar-refractivity contribution in [2.24, 2.45) is 0 Å². The molecule has 0 aromatic heterocycles. The van der Waals surface area contributed by atoms with Crippen LogP contribution in [0.15, 0.2) is 66.7 Å². The van der Waals surface area contributed by atoms with Gasteiger partial charge < -0.3 is 14.2 Å². The van der Waals surface area contributed by atoms with Crippen LogP contribution in [-0.2, 0) is 9.47 Å². The van der Waals surface area contributed by atoms with E-state index in [0.29, 0.717) is 11.4 Å². The van der Waals surface area contributed by atoms with Crippen molar-refractivity contribution < 1.29 is 23.8 Å². The zero-order valence-electron chi connectivity index (χ0n) is 16.7. The van der Waals surface area contributed by atoms with Crippen molar-refractivity contribution in [1.29, 1.82) is 0 Å². The van der Waals surface area contributed by atoms with Crippen molar-refractivity contribution in [2.45, 2.75) is 5.92 Å². The Kier molecular flexibility index (Phi) is 5.39. The van der Waals surface area contributed by atoms with Gasteiger partial charge in [-0.15, -0.1) is 0 Å². The Hall–Kier alpha value is -3.80. The number of carbonyl (C=O) groups excluding carboxylic acids is 2. The first-order chi connectivity index (χ1) is 14.6. The molecule has 4 rings (SSSR count). The van der Waals surface area contributed by atoms with E-state index in [1.165, 1.54) is 31.4 Å². The van der Waals surface area contributed by atoms with Gasteiger partial charge >= 0.3 is 12.1 Å². The summed E-state index contributed by atoms with van der Waals surface area (Å²) >= 11 is 0. The third-order valence-electron chi connectivity index (χ3n) is 5.20. The fraction of sp³-hybridized carbons (Fsp3) is 0.167. The van der Waals surface area contributed by atoms with E-state index in [-0.39, 0.29) is 18.1 Å². The maximum Gasteiger partial charge on any atom is 0.411 e. The molecule has 0 unspecified atom stereocenters. The lowest BCUT2D eigenvalue weighted by molar-refractivity contribution is 0.0597. The zero-order valence-corrected chi connectivity index (χ0v) is 16.7. The van der Waals surface area contributed by atoms with Crippen LogP contribution < -0.4 is 10.1 Å². The highest BCUT2D eigenvalue weighted by atomic mass is 16.5. The van der Waals surface area contributed by atoms with Crippen molar-refractivity contribution >= 4 is 17.7 Å². The molecule has 0 saturated heterocycles. The number of nitrogens with one attached hydrogen (secondary N) is 1. The molecule has 0 radical (unpaired) electrons. The van der Waals surface area contributed by atoms with Crippen molar-refractivity contribution in [3.8, 4) is 16.9 Å². The summed E-state index contributed by atoms with van der Waals surface area (Å²) in [6, 6.07) is 21.0. The Morgan fingerprint density at radius 3 is 2.13 bits per heavy atom. The number of hydrogen-bond donors (Lipinski definition) is 1. The minimum atomic E-state index is -0.579. The number of ether oxygens (including phenoxy) is 3. The van der Waals surface area contributed by atoms with Crippen molar-refractivity contribution in [3.05, 3.63) is 83.4 Å². The van der Waals surface area contributed by atoms with Gasteiger partial charge in [0.1, 0.15) is 17.9 Å². The maximum absolute atomic E-state index is 12.4. The van der Waals surface area contributed by atoms with Crippen LogP contribution in [0.1, 0.15) is 27.4 Å². The largest absolute Gasteiger partial charge is 0.496 e. The molecule has 0 fully saturated rings. The van der Waals surface area contributed by atoms with Gasteiger partial charge in [-0.2, -0.15) is 0 Å². The maximum atomic E-state index is 12.4. The van der Waals surface area contributed by atoms with Gasteiger partial charge in [0.15, 0.2) is 0 Å². The summed E-state index contributed by atoms with van der Waals surface area (Å²) in [5.41, 5.74) is 5.37. The predicted octanol–water partition coefficient (Wildman–Crippen LogP) is 4.84. The number of fused-ring (bicyclic) bond motifs is 3. The molecule has 152 valence electrons.